The van der Waals surface area contributed by atoms with Gasteiger partial charge in [-0.25, -0.2) is 4.68 Å². The third-order valence-electron chi connectivity index (χ3n) is 5.56. The zero-order valence-corrected chi connectivity index (χ0v) is 18.2. The van der Waals surface area contributed by atoms with Crippen LogP contribution in [0.3, 0.4) is 0 Å². The molecule has 0 aliphatic heterocycles. The summed E-state index contributed by atoms with van der Waals surface area (Å²) in [5.74, 6) is 0.319. The number of carbonyl (C=O) groups excluding carboxylic acids is 1. The molecule has 2 aromatic carbocycles. The molecule has 1 aromatic heterocycles. The van der Waals surface area contributed by atoms with Gasteiger partial charge in [0.2, 0.25) is 0 Å². The van der Waals surface area contributed by atoms with E-state index in [1.165, 1.54) is 13.2 Å². The van der Waals surface area contributed by atoms with Crippen LogP contribution in [0.1, 0.15) is 45.9 Å². The van der Waals surface area contributed by atoms with Crippen LogP contribution in [0, 0.1) is 6.92 Å². The summed E-state index contributed by atoms with van der Waals surface area (Å²) in [5, 5.41) is 4.55. The Balaban J connectivity index is 1.58. The molecule has 0 unspecified atom stereocenters. The second kappa shape index (κ2) is 8.98. The maximum Gasteiger partial charge on any atom is 0.387 e. The zero-order chi connectivity index (χ0) is 22.8. The highest BCUT2D eigenvalue weighted by Gasteiger charge is 2.34. The van der Waals surface area contributed by atoms with Crippen molar-refractivity contribution in [3.63, 3.8) is 0 Å². The number of methoxy groups -OCH3 is 1. The van der Waals surface area contributed by atoms with Gasteiger partial charge in [-0.3, -0.25) is 4.79 Å². The van der Waals surface area contributed by atoms with E-state index in [1.54, 1.807) is 30.3 Å². The maximum absolute atomic E-state index is 13.3. The Kier molecular flexibility index (Phi) is 6.12. The average Bonchev–Trinajstić information content (AvgIpc) is 3.52. The number of ether oxygens (including phenoxy) is 2. The Morgan fingerprint density at radius 3 is 2.62 bits per heavy atom. The van der Waals surface area contributed by atoms with Gasteiger partial charge >= 0.3 is 6.61 Å². The van der Waals surface area contributed by atoms with Crippen LogP contribution in [0.25, 0.3) is 5.69 Å². The number of carbonyl (C=O) groups is 1. The lowest BCUT2D eigenvalue weighted by Gasteiger charge is -2.19. The van der Waals surface area contributed by atoms with Gasteiger partial charge in [-0.2, -0.15) is 13.9 Å². The van der Waals surface area contributed by atoms with Gasteiger partial charge < -0.3 is 14.4 Å². The normalized spacial score (nSPS) is 13.3. The molecule has 1 aliphatic carbocycles. The van der Waals surface area contributed by atoms with Crippen molar-refractivity contribution in [3.8, 4) is 17.2 Å². The molecule has 168 valence electrons. The molecule has 8 heteroatoms. The summed E-state index contributed by atoms with van der Waals surface area (Å²) in [4.78, 5) is 14.9. The van der Waals surface area contributed by atoms with Crippen LogP contribution in [0.5, 0.6) is 11.5 Å². The van der Waals surface area contributed by atoms with Crippen molar-refractivity contribution in [3.05, 3.63) is 71.0 Å². The Hall–Kier alpha value is -3.42. The van der Waals surface area contributed by atoms with Crippen LogP contribution < -0.4 is 9.47 Å². The number of rotatable bonds is 8. The van der Waals surface area contributed by atoms with Crippen LogP contribution >= 0.6 is 0 Å². The predicted octanol–water partition coefficient (Wildman–Crippen LogP) is 4.94. The van der Waals surface area contributed by atoms with Gasteiger partial charge in [0, 0.05) is 19.5 Å². The van der Waals surface area contributed by atoms with Crippen molar-refractivity contribution >= 4 is 5.91 Å². The first-order chi connectivity index (χ1) is 15.4. The van der Waals surface area contributed by atoms with E-state index in [9.17, 15) is 13.6 Å². The molecule has 0 atom stereocenters. The van der Waals surface area contributed by atoms with E-state index >= 15 is 0 Å². The fourth-order valence-electron chi connectivity index (χ4n) is 3.82. The Labute approximate surface area is 185 Å². The van der Waals surface area contributed by atoms with E-state index in [-0.39, 0.29) is 24.0 Å². The summed E-state index contributed by atoms with van der Waals surface area (Å²) in [6.07, 6.45) is 3.70. The smallest absolute Gasteiger partial charge is 0.387 e. The molecular formula is C24H25F2N3O3. The van der Waals surface area contributed by atoms with Crippen molar-refractivity contribution in [1.82, 2.24) is 14.7 Å². The third-order valence-corrected chi connectivity index (χ3v) is 5.56. The van der Waals surface area contributed by atoms with Crippen LogP contribution in [0.15, 0.2) is 48.7 Å². The first-order valence-electron chi connectivity index (χ1n) is 10.4. The minimum absolute atomic E-state index is 0.0456. The first-order valence-corrected chi connectivity index (χ1v) is 10.4. The number of halogens is 2. The molecule has 4 rings (SSSR count). The summed E-state index contributed by atoms with van der Waals surface area (Å²) in [7, 11) is 3.09. The molecule has 1 amide bonds. The monoisotopic (exact) mass is 441 g/mol. The summed E-state index contributed by atoms with van der Waals surface area (Å²) >= 11 is 0. The number of amides is 1. The van der Waals surface area contributed by atoms with Crippen LogP contribution in [-0.4, -0.2) is 41.4 Å². The number of nitrogens with zero attached hydrogens (tertiary/aromatic N) is 3. The molecule has 0 spiro atoms. The molecule has 0 radical (unpaired) electrons. The second-order valence-electron chi connectivity index (χ2n) is 7.94. The fourth-order valence-corrected chi connectivity index (χ4v) is 3.82. The van der Waals surface area contributed by atoms with E-state index in [2.05, 4.69) is 9.84 Å². The molecule has 6 nitrogen and oxygen atoms in total. The molecule has 0 saturated heterocycles. The largest absolute Gasteiger partial charge is 0.493 e. The van der Waals surface area contributed by atoms with Gasteiger partial charge in [0.1, 0.15) is 0 Å². The van der Waals surface area contributed by atoms with Gasteiger partial charge in [-0.1, -0.05) is 24.3 Å². The molecule has 0 bridgehead atoms. The van der Waals surface area contributed by atoms with E-state index in [0.717, 1.165) is 35.3 Å². The SMILES string of the molecule is COc1cc(CN(C)C(=O)c2cnn(-c3ccccc3C)c2C2CC2)ccc1OC(F)F. The molecular weight excluding hydrogens is 416 g/mol. The quantitative estimate of drug-likeness (QED) is 0.497. The van der Waals surface area contributed by atoms with Crippen LogP contribution in [-0.2, 0) is 6.54 Å². The number of hydrogen-bond acceptors (Lipinski definition) is 4. The molecule has 1 saturated carbocycles. The Bertz CT molecular complexity index is 1130. The minimum Gasteiger partial charge on any atom is -0.493 e. The molecule has 0 N–H and O–H groups in total. The van der Waals surface area contributed by atoms with Crippen molar-refractivity contribution < 1.29 is 23.0 Å². The van der Waals surface area contributed by atoms with Gasteiger partial charge in [0.25, 0.3) is 5.91 Å². The molecule has 1 heterocycles. The van der Waals surface area contributed by atoms with Crippen molar-refractivity contribution in [1.29, 1.82) is 0 Å². The highest BCUT2D eigenvalue weighted by Crippen LogP contribution is 2.43. The first kappa shape index (κ1) is 21.8. The Morgan fingerprint density at radius 2 is 1.97 bits per heavy atom. The lowest BCUT2D eigenvalue weighted by Crippen LogP contribution is -2.27. The number of alkyl halides is 2. The second-order valence-corrected chi connectivity index (χ2v) is 7.94. The number of hydrogen-bond donors (Lipinski definition) is 0. The van der Waals surface area contributed by atoms with Gasteiger partial charge in [-0.05, 0) is 49.1 Å². The Morgan fingerprint density at radius 1 is 1.22 bits per heavy atom. The number of aryl methyl sites for hydroxylation is 1. The lowest BCUT2D eigenvalue weighted by atomic mass is 10.1. The van der Waals surface area contributed by atoms with Crippen molar-refractivity contribution in [2.45, 2.75) is 38.8 Å². The molecule has 1 fully saturated rings. The molecule has 32 heavy (non-hydrogen) atoms. The topological polar surface area (TPSA) is 56.6 Å². The molecule has 1 aliphatic rings. The fraction of sp³-hybridized carbons (Fsp3) is 0.333. The number of para-hydroxylation sites is 1. The summed E-state index contributed by atoms with van der Waals surface area (Å²) < 4.78 is 36.6. The molecule has 3 aromatic rings. The third kappa shape index (κ3) is 4.44. The number of benzene rings is 2. The van der Waals surface area contributed by atoms with E-state index in [4.69, 9.17) is 4.74 Å². The highest BCUT2D eigenvalue weighted by molar-refractivity contribution is 5.95. The van der Waals surface area contributed by atoms with Gasteiger partial charge in [0.15, 0.2) is 11.5 Å². The predicted molar refractivity (Wildman–Crippen MR) is 116 cm³/mol. The van der Waals surface area contributed by atoms with Gasteiger partial charge in [0.05, 0.1) is 30.3 Å². The van der Waals surface area contributed by atoms with Gasteiger partial charge in [-0.15, -0.1) is 0 Å². The van der Waals surface area contributed by atoms with Crippen LogP contribution in [0.4, 0.5) is 8.78 Å². The zero-order valence-electron chi connectivity index (χ0n) is 18.2. The average molecular weight is 441 g/mol. The highest BCUT2D eigenvalue weighted by atomic mass is 19.3. The minimum atomic E-state index is -2.94. The lowest BCUT2D eigenvalue weighted by molar-refractivity contribution is -0.0512. The maximum atomic E-state index is 13.3. The summed E-state index contributed by atoms with van der Waals surface area (Å²) in [5.41, 5.74) is 4.31. The summed E-state index contributed by atoms with van der Waals surface area (Å²) in [6, 6.07) is 12.6. The van der Waals surface area contributed by atoms with Crippen molar-refractivity contribution in [2.75, 3.05) is 14.2 Å². The van der Waals surface area contributed by atoms with Crippen LogP contribution in [0.2, 0.25) is 0 Å². The number of aromatic nitrogens is 2. The van der Waals surface area contributed by atoms with E-state index in [0.29, 0.717) is 11.5 Å². The van der Waals surface area contributed by atoms with Crippen molar-refractivity contribution in [2.24, 2.45) is 0 Å². The van der Waals surface area contributed by atoms with E-state index < -0.39 is 6.61 Å². The summed E-state index contributed by atoms with van der Waals surface area (Å²) in [6.45, 7) is -0.635. The van der Waals surface area contributed by atoms with E-state index in [1.807, 2.05) is 35.9 Å². The standard InChI is InChI=1S/C24H25F2N3O3/c1-15-6-4-5-7-19(15)29-22(17-9-10-17)18(13-27-29)23(30)28(2)14-16-8-11-20(32-24(25)26)21(12-16)31-3/h4-8,11-13,17,24H,9-10,14H2,1-3H3.